The van der Waals surface area contributed by atoms with Crippen molar-refractivity contribution >= 4 is 5.97 Å². The largest absolute Gasteiger partial charge is 0.547 e. The topological polar surface area (TPSA) is 141 Å². The summed E-state index contributed by atoms with van der Waals surface area (Å²) in [6.45, 7) is 6.50. The number of carboxylic acids is 1. The maximum atomic E-state index is 9.98. The van der Waals surface area contributed by atoms with Gasteiger partial charge in [0.1, 0.15) is 24.4 Å². The number of aliphatic hydroxyl groups excluding tert-OH is 5. The van der Waals surface area contributed by atoms with Crippen molar-refractivity contribution in [2.75, 3.05) is 6.61 Å². The third-order valence-corrected chi connectivity index (χ3v) is 7.21. The molecule has 7 atom stereocenters. The number of hydrogen-bond acceptors (Lipinski definition) is 7. The molecule has 0 amide bonds. The van der Waals surface area contributed by atoms with Crippen LogP contribution in [0.1, 0.15) is 40.0 Å². The zero-order chi connectivity index (χ0) is 18.9. The average molecular weight is 387 g/mol. The van der Waals surface area contributed by atoms with Gasteiger partial charge in [-0.1, -0.05) is 0 Å². The van der Waals surface area contributed by atoms with Crippen molar-refractivity contribution in [3.8, 4) is 0 Å². The summed E-state index contributed by atoms with van der Waals surface area (Å²) < 4.78 is 0. The van der Waals surface area contributed by atoms with Gasteiger partial charge in [0.2, 0.25) is 0 Å². The number of fused-ring (bicyclic) bond motifs is 2. The van der Waals surface area contributed by atoms with Gasteiger partial charge in [-0.05, 0) is 0 Å². The molecule has 8 heteroatoms. The first-order valence-electron chi connectivity index (χ1n) is 8.08. The first kappa shape index (κ1) is 21.8. The van der Waals surface area contributed by atoms with Crippen LogP contribution in [-0.2, 0) is 20.8 Å². The fraction of sp³-hybridized carbons (Fsp3) is 0.938. The van der Waals surface area contributed by atoms with E-state index in [1.165, 1.54) is 19.3 Å². The van der Waals surface area contributed by atoms with E-state index in [4.69, 9.17) is 25.5 Å². The van der Waals surface area contributed by atoms with Crippen molar-refractivity contribution in [1.82, 2.24) is 0 Å². The summed E-state index contributed by atoms with van der Waals surface area (Å²) >= 11 is 3.83. The minimum Gasteiger partial charge on any atom is -0.547 e. The van der Waals surface area contributed by atoms with Crippen molar-refractivity contribution in [3.05, 3.63) is 0 Å². The Morgan fingerprint density at radius 1 is 1.21 bits per heavy atom. The molecule has 2 fully saturated rings. The fourth-order valence-corrected chi connectivity index (χ4v) is 4.71. The summed E-state index contributed by atoms with van der Waals surface area (Å²) in [6.07, 6.45) is -3.78. The summed E-state index contributed by atoms with van der Waals surface area (Å²) in [5, 5.41) is 53.4. The van der Waals surface area contributed by atoms with Crippen molar-refractivity contribution in [1.29, 1.82) is 0 Å². The molecule has 0 aromatic heterocycles. The van der Waals surface area contributed by atoms with E-state index in [2.05, 4.69) is 36.8 Å². The number of hydrogen-bond donors (Lipinski definition) is 5. The Bertz CT molecular complexity index is 444. The number of carbonyl (C=O) groups is 1. The molecule has 2 rings (SSSR count). The van der Waals surface area contributed by atoms with E-state index >= 15 is 0 Å². The molecule has 7 unspecified atom stereocenters. The van der Waals surface area contributed by atoms with E-state index in [1.54, 1.807) is 0 Å². The minimum absolute atomic E-state index is 0.581. The first-order chi connectivity index (χ1) is 10.9. The van der Waals surface area contributed by atoms with Crippen LogP contribution in [0.2, 0.25) is 4.82 Å². The molecule has 2 bridgehead atoms. The number of aliphatic hydroxyl groups is 5. The Kier molecular flexibility index (Phi) is 7.27. The molecule has 0 radical (unpaired) electrons. The van der Waals surface area contributed by atoms with Gasteiger partial charge in [0.15, 0.2) is 0 Å². The molecule has 2 saturated carbocycles. The Morgan fingerprint density at radius 3 is 2.00 bits per heavy atom. The molecule has 2 aliphatic carbocycles. The molecule has 7 nitrogen and oxygen atoms in total. The molecule has 24 heavy (non-hydrogen) atoms. The molecule has 0 aromatic rings. The summed E-state index contributed by atoms with van der Waals surface area (Å²) in [6, 6.07) is 0. The quantitative estimate of drug-likeness (QED) is 0.356. The maximum Gasteiger partial charge on any atom is 0.122 e. The van der Waals surface area contributed by atoms with E-state index in [-0.39, 0.29) is 0 Å². The van der Waals surface area contributed by atoms with Crippen LogP contribution in [0.25, 0.3) is 0 Å². The SMILES string of the molecule is CC1(C)C2CCC1(C)[CH]([Mn+])C2.O=C([O-])C(O)C(O)C(O)C(O)CO. The fourth-order valence-electron chi connectivity index (χ4n) is 3.77. The van der Waals surface area contributed by atoms with Crippen LogP contribution in [0.5, 0.6) is 0 Å². The van der Waals surface area contributed by atoms with Gasteiger partial charge in [-0.2, -0.15) is 0 Å². The third-order valence-electron chi connectivity index (χ3n) is 6.18. The zero-order valence-electron chi connectivity index (χ0n) is 14.2. The number of carboxylic acid groups (broad SMARTS) is 1. The average Bonchev–Trinajstić information content (AvgIpc) is 2.85. The molecule has 0 aliphatic heterocycles. The van der Waals surface area contributed by atoms with Gasteiger partial charge < -0.3 is 35.4 Å². The van der Waals surface area contributed by atoms with E-state index in [9.17, 15) is 9.90 Å². The Labute approximate surface area is 150 Å². The van der Waals surface area contributed by atoms with Crippen LogP contribution >= 0.6 is 0 Å². The minimum atomic E-state index is -2.31. The molecule has 0 heterocycles. The predicted molar refractivity (Wildman–Crippen MR) is 79.1 cm³/mol. The van der Waals surface area contributed by atoms with E-state index in [0.717, 1.165) is 10.7 Å². The van der Waals surface area contributed by atoms with Gasteiger partial charge in [0.25, 0.3) is 0 Å². The second kappa shape index (κ2) is 7.99. The van der Waals surface area contributed by atoms with Crippen LogP contribution in [0, 0.1) is 16.7 Å². The van der Waals surface area contributed by atoms with Crippen molar-refractivity contribution < 1.29 is 51.4 Å². The molecule has 0 aromatic carbocycles. The predicted octanol–water partition coefficient (Wildman–Crippen LogP) is -1.66. The Balaban J connectivity index is 0.000000242. The van der Waals surface area contributed by atoms with E-state index in [0.29, 0.717) is 10.8 Å². The summed E-state index contributed by atoms with van der Waals surface area (Å²) in [7, 11) is 0. The van der Waals surface area contributed by atoms with Gasteiger partial charge in [0, 0.05) is 0 Å². The van der Waals surface area contributed by atoms with Gasteiger partial charge in [-0.25, -0.2) is 0 Å². The molecule has 5 N–H and O–H groups in total. The smallest absolute Gasteiger partial charge is 0.122 e. The van der Waals surface area contributed by atoms with Gasteiger partial charge >= 0.3 is 77.6 Å². The Hall–Kier alpha value is -0.211. The Morgan fingerprint density at radius 2 is 1.75 bits per heavy atom. The van der Waals surface area contributed by atoms with Crippen molar-refractivity contribution in [2.45, 2.75) is 69.3 Å². The first-order valence-corrected chi connectivity index (χ1v) is 8.76. The zero-order valence-corrected chi connectivity index (χ0v) is 15.4. The van der Waals surface area contributed by atoms with Crippen LogP contribution in [-0.4, -0.2) is 62.5 Å². The number of rotatable bonds is 5. The molecular formula is C16H28MnO7. The standard InChI is InChI=1S/C10H17.C6H12O7.Mn/c1-9(2)8-4-6-10(9,3)7-5-8;7-1-2(8)3(9)4(10)5(11)6(12)13;/h6,8H,4-5,7H2,1-3H3;2-5,7-11H,1H2,(H,12,13);/q;;+1/p-1. The van der Waals surface area contributed by atoms with Gasteiger partial charge in [-0.15, -0.1) is 0 Å². The van der Waals surface area contributed by atoms with Crippen molar-refractivity contribution in [2.24, 2.45) is 16.7 Å². The van der Waals surface area contributed by atoms with Crippen LogP contribution in [0.4, 0.5) is 0 Å². The van der Waals surface area contributed by atoms with Crippen LogP contribution in [0.3, 0.4) is 0 Å². The molecular weight excluding hydrogens is 359 g/mol. The van der Waals surface area contributed by atoms with Crippen LogP contribution < -0.4 is 5.11 Å². The third kappa shape index (κ3) is 3.96. The summed E-state index contributed by atoms with van der Waals surface area (Å²) in [5.74, 6) is -0.992. The van der Waals surface area contributed by atoms with Crippen LogP contribution in [0.15, 0.2) is 0 Å². The van der Waals surface area contributed by atoms with Crippen molar-refractivity contribution in [3.63, 3.8) is 0 Å². The van der Waals surface area contributed by atoms with Gasteiger partial charge in [0.05, 0.1) is 12.6 Å². The normalized spacial score (nSPS) is 35.5. The monoisotopic (exact) mass is 387 g/mol. The second-order valence-electron chi connectivity index (χ2n) is 7.57. The molecule has 2 aliphatic rings. The van der Waals surface area contributed by atoms with E-state index < -0.39 is 37.0 Å². The maximum absolute atomic E-state index is 9.98. The number of aliphatic carboxylic acids is 1. The number of carbonyl (C=O) groups excluding carboxylic acids is 1. The van der Waals surface area contributed by atoms with E-state index in [1.807, 2.05) is 0 Å². The van der Waals surface area contributed by atoms with Gasteiger partial charge in [-0.3, -0.25) is 0 Å². The molecule has 141 valence electrons. The molecule has 0 spiro atoms. The molecule has 0 saturated heterocycles. The summed E-state index contributed by atoms with van der Waals surface area (Å²) in [5.41, 5.74) is 1.17. The summed E-state index contributed by atoms with van der Waals surface area (Å²) in [4.78, 5) is 10.8. The second-order valence-corrected chi connectivity index (χ2v) is 8.40.